The monoisotopic (exact) mass is 316 g/mol. The summed E-state index contributed by atoms with van der Waals surface area (Å²) >= 11 is 5.85. The van der Waals surface area contributed by atoms with Crippen LogP contribution in [0.25, 0.3) is 0 Å². The van der Waals surface area contributed by atoms with Crippen LogP contribution in [0.4, 0.5) is 5.69 Å². The van der Waals surface area contributed by atoms with E-state index in [0.29, 0.717) is 27.7 Å². The summed E-state index contributed by atoms with van der Waals surface area (Å²) in [6.45, 7) is 0. The molecule has 1 heterocycles. The average molecular weight is 317 g/mol. The molecule has 0 unspecified atom stereocenters. The van der Waals surface area contributed by atoms with Crippen LogP contribution in [0.2, 0.25) is 5.02 Å². The molecule has 0 radical (unpaired) electrons. The van der Waals surface area contributed by atoms with Crippen LogP contribution in [0.1, 0.15) is 12.0 Å². The second kappa shape index (κ2) is 5.69. The molecule has 0 bridgehead atoms. The van der Waals surface area contributed by atoms with Gasteiger partial charge < -0.3 is 9.84 Å². The first kappa shape index (κ1) is 14.4. The number of rotatable bonds is 3. The van der Waals surface area contributed by atoms with Gasteiger partial charge in [0.1, 0.15) is 11.5 Å². The lowest BCUT2D eigenvalue weighted by Gasteiger charge is -2.11. The minimum Gasteiger partial charge on any atom is -0.508 e. The van der Waals surface area contributed by atoms with Crippen molar-refractivity contribution in [2.24, 2.45) is 5.10 Å². The maximum atomic E-state index is 12.2. The molecule has 5 nitrogen and oxygen atoms in total. The fourth-order valence-electron chi connectivity index (χ4n) is 2.24. The van der Waals surface area contributed by atoms with Gasteiger partial charge in [-0.1, -0.05) is 11.6 Å². The highest BCUT2D eigenvalue weighted by molar-refractivity contribution is 6.30. The number of amides is 1. The molecule has 2 aromatic rings. The molecule has 22 heavy (non-hydrogen) atoms. The molecule has 1 amide bonds. The zero-order valence-corrected chi connectivity index (χ0v) is 12.5. The largest absolute Gasteiger partial charge is 0.508 e. The molecular formula is C16H13ClN2O3. The number of anilines is 1. The summed E-state index contributed by atoms with van der Waals surface area (Å²) in [7, 11) is 1.51. The third-order valence-corrected chi connectivity index (χ3v) is 3.56. The quantitative estimate of drug-likeness (QED) is 0.946. The Morgan fingerprint density at radius 1 is 1.23 bits per heavy atom. The van der Waals surface area contributed by atoms with Crippen molar-refractivity contribution < 1.29 is 14.6 Å². The van der Waals surface area contributed by atoms with Crippen LogP contribution in [-0.4, -0.2) is 23.8 Å². The Morgan fingerprint density at radius 2 is 1.95 bits per heavy atom. The van der Waals surface area contributed by atoms with Crippen LogP contribution < -0.4 is 9.75 Å². The number of hydrazone groups is 1. The molecule has 0 atom stereocenters. The van der Waals surface area contributed by atoms with E-state index in [2.05, 4.69) is 5.10 Å². The lowest BCUT2D eigenvalue weighted by Crippen LogP contribution is -2.19. The van der Waals surface area contributed by atoms with Gasteiger partial charge in [0, 0.05) is 16.7 Å². The number of hydrogen-bond donors (Lipinski definition) is 1. The molecule has 0 aromatic heterocycles. The molecule has 0 saturated carbocycles. The molecule has 0 aliphatic carbocycles. The highest BCUT2D eigenvalue weighted by atomic mass is 35.5. The van der Waals surface area contributed by atoms with Crippen molar-refractivity contribution in [3.63, 3.8) is 0 Å². The van der Waals surface area contributed by atoms with Crippen LogP contribution in [0, 0.1) is 0 Å². The standard InChI is InChI=1S/C16H13ClN2O3/c1-22-14-7-10(6-13(20)8-14)15-9-16(21)19(18-15)12-4-2-11(17)3-5-12/h2-8,20H,9H2,1H3. The zero-order chi connectivity index (χ0) is 15.7. The minimum absolute atomic E-state index is 0.0643. The van der Waals surface area contributed by atoms with Gasteiger partial charge in [-0.2, -0.15) is 5.10 Å². The number of benzene rings is 2. The Balaban J connectivity index is 1.96. The zero-order valence-electron chi connectivity index (χ0n) is 11.8. The fraction of sp³-hybridized carbons (Fsp3) is 0.125. The summed E-state index contributed by atoms with van der Waals surface area (Å²) in [5.74, 6) is 0.434. The fourth-order valence-corrected chi connectivity index (χ4v) is 2.37. The van der Waals surface area contributed by atoms with Gasteiger partial charge in [0.15, 0.2) is 0 Å². The predicted molar refractivity (Wildman–Crippen MR) is 84.8 cm³/mol. The summed E-state index contributed by atoms with van der Waals surface area (Å²) in [6.07, 6.45) is 0.162. The molecule has 0 fully saturated rings. The molecule has 112 valence electrons. The van der Waals surface area contributed by atoms with Crippen molar-refractivity contribution in [2.45, 2.75) is 6.42 Å². The highest BCUT2D eigenvalue weighted by Crippen LogP contribution is 2.27. The lowest BCUT2D eigenvalue weighted by molar-refractivity contribution is -0.116. The number of carbonyl (C=O) groups is 1. The molecule has 6 heteroatoms. The van der Waals surface area contributed by atoms with E-state index in [-0.39, 0.29) is 18.1 Å². The van der Waals surface area contributed by atoms with Crippen molar-refractivity contribution >= 4 is 28.9 Å². The van der Waals surface area contributed by atoms with Gasteiger partial charge in [0.05, 0.1) is 24.9 Å². The van der Waals surface area contributed by atoms with Crippen molar-refractivity contribution in [1.29, 1.82) is 0 Å². The second-order valence-electron chi connectivity index (χ2n) is 4.83. The molecule has 2 aromatic carbocycles. The molecule has 1 N–H and O–H groups in total. The smallest absolute Gasteiger partial charge is 0.253 e. The van der Waals surface area contributed by atoms with Crippen molar-refractivity contribution in [3.05, 3.63) is 53.1 Å². The topological polar surface area (TPSA) is 62.1 Å². The maximum absolute atomic E-state index is 12.2. The van der Waals surface area contributed by atoms with E-state index in [4.69, 9.17) is 16.3 Å². The number of phenols is 1. The third-order valence-electron chi connectivity index (χ3n) is 3.31. The van der Waals surface area contributed by atoms with E-state index in [1.807, 2.05) is 0 Å². The first-order chi connectivity index (χ1) is 10.6. The molecule has 1 aliphatic heterocycles. The van der Waals surface area contributed by atoms with Crippen LogP contribution in [0.5, 0.6) is 11.5 Å². The minimum atomic E-state index is -0.139. The van der Waals surface area contributed by atoms with Crippen molar-refractivity contribution in [1.82, 2.24) is 0 Å². The van der Waals surface area contributed by atoms with E-state index in [1.165, 1.54) is 18.2 Å². The number of hydrogen-bond acceptors (Lipinski definition) is 4. The van der Waals surface area contributed by atoms with Crippen molar-refractivity contribution in [2.75, 3.05) is 12.1 Å². The molecule has 3 rings (SSSR count). The Labute approximate surface area is 132 Å². The highest BCUT2D eigenvalue weighted by Gasteiger charge is 2.26. The molecular weight excluding hydrogens is 304 g/mol. The second-order valence-corrected chi connectivity index (χ2v) is 5.26. The number of methoxy groups -OCH3 is 1. The first-order valence-electron chi connectivity index (χ1n) is 6.61. The van der Waals surface area contributed by atoms with Gasteiger partial charge in [-0.05, 0) is 36.4 Å². The Hall–Kier alpha value is -2.53. The van der Waals surface area contributed by atoms with Crippen LogP contribution in [0.15, 0.2) is 47.6 Å². The number of aromatic hydroxyl groups is 1. The summed E-state index contributed by atoms with van der Waals surface area (Å²) < 4.78 is 5.12. The Kier molecular flexibility index (Phi) is 3.73. The number of ether oxygens (including phenoxy) is 1. The summed E-state index contributed by atoms with van der Waals surface area (Å²) in [4.78, 5) is 12.2. The summed E-state index contributed by atoms with van der Waals surface area (Å²) in [5.41, 5.74) is 1.88. The normalized spacial score (nSPS) is 14.2. The van der Waals surface area contributed by atoms with E-state index in [1.54, 1.807) is 36.4 Å². The molecule has 1 aliphatic rings. The van der Waals surface area contributed by atoms with Gasteiger partial charge in [-0.3, -0.25) is 4.79 Å². The van der Waals surface area contributed by atoms with E-state index < -0.39 is 0 Å². The predicted octanol–water partition coefficient (Wildman–Crippen LogP) is 3.20. The van der Waals surface area contributed by atoms with E-state index >= 15 is 0 Å². The molecule has 0 saturated heterocycles. The first-order valence-corrected chi connectivity index (χ1v) is 6.99. The maximum Gasteiger partial charge on any atom is 0.253 e. The third kappa shape index (κ3) is 2.76. The van der Waals surface area contributed by atoms with Gasteiger partial charge in [0.2, 0.25) is 0 Å². The van der Waals surface area contributed by atoms with Crippen LogP contribution >= 0.6 is 11.6 Å². The Bertz CT molecular complexity index is 756. The van der Waals surface area contributed by atoms with Crippen LogP contribution in [-0.2, 0) is 4.79 Å². The lowest BCUT2D eigenvalue weighted by atomic mass is 10.1. The summed E-state index contributed by atoms with van der Waals surface area (Å²) in [5, 5.41) is 16.0. The van der Waals surface area contributed by atoms with E-state index in [0.717, 1.165) is 0 Å². The SMILES string of the molecule is COc1cc(O)cc(C2=NN(c3ccc(Cl)cc3)C(=O)C2)c1. The Morgan fingerprint density at radius 3 is 2.64 bits per heavy atom. The average Bonchev–Trinajstić information content (AvgIpc) is 2.89. The number of nitrogens with zero attached hydrogens (tertiary/aromatic N) is 2. The van der Waals surface area contributed by atoms with Gasteiger partial charge in [-0.15, -0.1) is 0 Å². The molecule has 0 spiro atoms. The van der Waals surface area contributed by atoms with Crippen LogP contribution in [0.3, 0.4) is 0 Å². The van der Waals surface area contributed by atoms with Crippen molar-refractivity contribution in [3.8, 4) is 11.5 Å². The number of halogens is 1. The number of carbonyl (C=O) groups excluding carboxylic acids is 1. The summed E-state index contributed by atoms with van der Waals surface area (Å²) in [6, 6.07) is 11.7. The van der Waals surface area contributed by atoms with Gasteiger partial charge >= 0.3 is 0 Å². The van der Waals surface area contributed by atoms with Gasteiger partial charge in [0.25, 0.3) is 5.91 Å². The number of phenolic OH excluding ortho intramolecular Hbond substituents is 1. The van der Waals surface area contributed by atoms with E-state index in [9.17, 15) is 9.90 Å². The van der Waals surface area contributed by atoms with Gasteiger partial charge in [-0.25, -0.2) is 5.01 Å².